The number of hydrogen-bond acceptors (Lipinski definition) is 6. The molecule has 1 amide bonds. The number of aromatic nitrogens is 6. The molecule has 1 aliphatic carbocycles. The van der Waals surface area contributed by atoms with Gasteiger partial charge in [0.05, 0.1) is 30.3 Å². The van der Waals surface area contributed by atoms with E-state index in [1.54, 1.807) is 17.9 Å². The van der Waals surface area contributed by atoms with Crippen molar-refractivity contribution in [3.8, 4) is 11.5 Å². The standard InChI is InChI=1S/C24H32N8O2/c1-24(2,3)20-12-19(31(4)30-20)23(33)28-18-13-25-29-21(18)22-26-16-6-5-15(11-17(16)27-22)14-32-7-9-34-10-8-32/h11-13H,5-10,14H2,1-4H3,(H,25,29)(H,26,27)(H,28,33). The number of aromatic amines is 2. The van der Waals surface area contributed by atoms with Gasteiger partial charge in [0.25, 0.3) is 5.91 Å². The summed E-state index contributed by atoms with van der Waals surface area (Å²) in [5.74, 6) is 0.406. The van der Waals surface area contributed by atoms with Crippen LogP contribution in [-0.4, -0.2) is 73.6 Å². The molecule has 1 saturated heterocycles. The topological polar surface area (TPSA) is 117 Å². The number of ether oxygens (including phenoxy) is 1. The summed E-state index contributed by atoms with van der Waals surface area (Å²) in [6, 6.07) is 1.83. The SMILES string of the molecule is Cn1nc(C(C)(C)C)cc1C(=O)Nc1c[nH]nc1-c1nc2c([nH]1)CCC(CN1CCOCC1)=C2. The molecular weight excluding hydrogens is 432 g/mol. The highest BCUT2D eigenvalue weighted by Crippen LogP contribution is 2.29. The summed E-state index contributed by atoms with van der Waals surface area (Å²) < 4.78 is 7.07. The zero-order valence-corrected chi connectivity index (χ0v) is 20.2. The molecule has 0 spiro atoms. The fourth-order valence-corrected chi connectivity index (χ4v) is 4.37. The highest BCUT2D eigenvalue weighted by molar-refractivity contribution is 6.04. The van der Waals surface area contributed by atoms with Crippen LogP contribution in [0.5, 0.6) is 0 Å². The summed E-state index contributed by atoms with van der Waals surface area (Å²) in [5, 5.41) is 14.7. The molecular formula is C24H32N8O2. The van der Waals surface area contributed by atoms with Crippen LogP contribution in [0.1, 0.15) is 54.8 Å². The van der Waals surface area contributed by atoms with Gasteiger partial charge in [-0.05, 0) is 25.0 Å². The minimum absolute atomic E-state index is 0.140. The van der Waals surface area contributed by atoms with Crippen LogP contribution in [0.2, 0.25) is 0 Å². The Morgan fingerprint density at radius 1 is 1.24 bits per heavy atom. The lowest BCUT2D eigenvalue weighted by molar-refractivity contribution is 0.0420. The zero-order valence-electron chi connectivity index (χ0n) is 20.2. The number of rotatable bonds is 5. The van der Waals surface area contributed by atoms with Gasteiger partial charge in [-0.25, -0.2) is 4.98 Å². The molecule has 180 valence electrons. The van der Waals surface area contributed by atoms with Crippen LogP contribution >= 0.6 is 0 Å². The molecule has 3 N–H and O–H groups in total. The number of nitrogens with zero attached hydrogens (tertiary/aromatic N) is 5. The van der Waals surface area contributed by atoms with Crippen molar-refractivity contribution in [2.75, 3.05) is 38.2 Å². The predicted octanol–water partition coefficient (Wildman–Crippen LogP) is 2.74. The Kier molecular flexibility index (Phi) is 5.86. The van der Waals surface area contributed by atoms with E-state index in [-0.39, 0.29) is 11.3 Å². The van der Waals surface area contributed by atoms with Gasteiger partial charge in [0, 0.05) is 44.0 Å². The van der Waals surface area contributed by atoms with Crippen molar-refractivity contribution in [1.29, 1.82) is 0 Å². The van der Waals surface area contributed by atoms with E-state index in [2.05, 4.69) is 57.3 Å². The molecule has 1 aliphatic heterocycles. The van der Waals surface area contributed by atoms with Crippen LogP contribution in [0.15, 0.2) is 17.8 Å². The number of fused-ring (bicyclic) bond motifs is 1. The molecule has 0 unspecified atom stereocenters. The number of anilines is 1. The van der Waals surface area contributed by atoms with E-state index < -0.39 is 0 Å². The van der Waals surface area contributed by atoms with Crippen LogP contribution in [-0.2, 0) is 23.6 Å². The van der Waals surface area contributed by atoms with Gasteiger partial charge in [-0.3, -0.25) is 19.5 Å². The molecule has 0 aromatic carbocycles. The minimum Gasteiger partial charge on any atom is -0.379 e. The maximum atomic E-state index is 13.0. The van der Waals surface area contributed by atoms with E-state index >= 15 is 0 Å². The number of aryl methyl sites for hydroxylation is 2. The first-order chi connectivity index (χ1) is 16.3. The lowest BCUT2D eigenvalue weighted by Crippen LogP contribution is -2.37. The Bertz CT molecular complexity index is 1220. The molecule has 10 nitrogen and oxygen atoms in total. The van der Waals surface area contributed by atoms with Crippen LogP contribution in [0, 0.1) is 0 Å². The lowest BCUT2D eigenvalue weighted by atomic mass is 9.92. The normalized spacial score (nSPS) is 16.9. The van der Waals surface area contributed by atoms with E-state index in [4.69, 9.17) is 9.72 Å². The minimum atomic E-state index is -0.239. The Morgan fingerprint density at radius 3 is 2.76 bits per heavy atom. The van der Waals surface area contributed by atoms with Gasteiger partial charge >= 0.3 is 0 Å². The first kappa shape index (κ1) is 22.5. The second-order valence-corrected chi connectivity index (χ2v) is 10.0. The van der Waals surface area contributed by atoms with Crippen molar-refractivity contribution >= 4 is 17.7 Å². The lowest BCUT2D eigenvalue weighted by Gasteiger charge is -2.28. The number of nitrogens with one attached hydrogen (secondary N) is 3. The summed E-state index contributed by atoms with van der Waals surface area (Å²) in [4.78, 5) is 23.7. The molecule has 0 saturated carbocycles. The molecule has 2 aliphatic rings. The molecule has 1 fully saturated rings. The largest absolute Gasteiger partial charge is 0.379 e. The summed E-state index contributed by atoms with van der Waals surface area (Å²) in [6.45, 7) is 10.7. The van der Waals surface area contributed by atoms with Gasteiger partial charge in [-0.1, -0.05) is 26.3 Å². The second-order valence-electron chi connectivity index (χ2n) is 10.0. The van der Waals surface area contributed by atoms with E-state index in [9.17, 15) is 4.79 Å². The van der Waals surface area contributed by atoms with Crippen molar-refractivity contribution in [3.05, 3.63) is 40.6 Å². The van der Waals surface area contributed by atoms with E-state index in [0.717, 1.165) is 62.8 Å². The van der Waals surface area contributed by atoms with Crippen molar-refractivity contribution in [3.63, 3.8) is 0 Å². The van der Waals surface area contributed by atoms with Gasteiger partial charge in [0.15, 0.2) is 11.5 Å². The molecule has 0 radical (unpaired) electrons. The van der Waals surface area contributed by atoms with Crippen LogP contribution in [0.4, 0.5) is 5.69 Å². The molecule has 0 atom stereocenters. The molecule has 10 heteroatoms. The Morgan fingerprint density at radius 2 is 2.03 bits per heavy atom. The maximum Gasteiger partial charge on any atom is 0.274 e. The van der Waals surface area contributed by atoms with Crippen molar-refractivity contribution in [2.45, 2.75) is 39.0 Å². The zero-order chi connectivity index (χ0) is 23.9. The smallest absolute Gasteiger partial charge is 0.274 e. The van der Waals surface area contributed by atoms with Gasteiger partial charge in [0.1, 0.15) is 5.69 Å². The van der Waals surface area contributed by atoms with Gasteiger partial charge in [-0.2, -0.15) is 10.2 Å². The number of amides is 1. The Labute approximate surface area is 198 Å². The summed E-state index contributed by atoms with van der Waals surface area (Å²) in [6.07, 6.45) is 5.78. The van der Waals surface area contributed by atoms with E-state index in [0.29, 0.717) is 22.9 Å². The number of imidazole rings is 1. The second kappa shape index (κ2) is 8.84. The van der Waals surface area contributed by atoms with Gasteiger partial charge in [0.2, 0.25) is 0 Å². The van der Waals surface area contributed by atoms with Crippen LogP contribution in [0.25, 0.3) is 17.6 Å². The summed E-state index contributed by atoms with van der Waals surface area (Å²) in [7, 11) is 1.78. The Balaban J connectivity index is 1.33. The number of carbonyl (C=O) groups excluding carboxylic acids is 1. The first-order valence-electron chi connectivity index (χ1n) is 11.8. The fourth-order valence-electron chi connectivity index (χ4n) is 4.37. The van der Waals surface area contributed by atoms with Crippen molar-refractivity contribution in [2.24, 2.45) is 7.05 Å². The first-order valence-corrected chi connectivity index (χ1v) is 11.8. The quantitative estimate of drug-likeness (QED) is 0.535. The molecule has 5 rings (SSSR count). The highest BCUT2D eigenvalue weighted by atomic mass is 16.5. The van der Waals surface area contributed by atoms with Crippen LogP contribution < -0.4 is 5.32 Å². The number of H-pyrrole nitrogens is 2. The number of carbonyl (C=O) groups is 1. The number of morpholine rings is 1. The van der Waals surface area contributed by atoms with E-state index in [1.165, 1.54) is 5.57 Å². The number of hydrogen-bond donors (Lipinski definition) is 3. The summed E-state index contributed by atoms with van der Waals surface area (Å²) in [5.41, 5.74) is 5.81. The Hall–Kier alpha value is -3.24. The summed E-state index contributed by atoms with van der Waals surface area (Å²) >= 11 is 0. The van der Waals surface area contributed by atoms with Gasteiger partial charge in [-0.15, -0.1) is 0 Å². The predicted molar refractivity (Wildman–Crippen MR) is 130 cm³/mol. The average molecular weight is 465 g/mol. The fraction of sp³-hybridized carbons (Fsp3) is 0.500. The van der Waals surface area contributed by atoms with Crippen molar-refractivity contribution < 1.29 is 9.53 Å². The third kappa shape index (κ3) is 4.55. The third-order valence-electron chi connectivity index (χ3n) is 6.37. The maximum absolute atomic E-state index is 13.0. The van der Waals surface area contributed by atoms with Crippen LogP contribution in [0.3, 0.4) is 0 Å². The van der Waals surface area contributed by atoms with Gasteiger partial charge < -0.3 is 15.0 Å². The molecule has 34 heavy (non-hydrogen) atoms. The van der Waals surface area contributed by atoms with E-state index in [1.807, 2.05) is 6.07 Å². The molecule has 3 aromatic heterocycles. The molecule has 4 heterocycles. The van der Waals surface area contributed by atoms with Crippen molar-refractivity contribution in [1.82, 2.24) is 34.8 Å². The molecule has 3 aromatic rings. The average Bonchev–Trinajstić information content (AvgIpc) is 3.51. The monoisotopic (exact) mass is 464 g/mol. The highest BCUT2D eigenvalue weighted by Gasteiger charge is 2.24. The third-order valence-corrected chi connectivity index (χ3v) is 6.37. The molecule has 0 bridgehead atoms.